The van der Waals surface area contributed by atoms with Gasteiger partial charge in [0.2, 0.25) is 0 Å². The third-order valence-corrected chi connectivity index (χ3v) is 8.57. The van der Waals surface area contributed by atoms with E-state index in [1.807, 2.05) is 30.3 Å². The summed E-state index contributed by atoms with van der Waals surface area (Å²) in [6.45, 7) is 0. The summed E-state index contributed by atoms with van der Waals surface area (Å²) >= 11 is 0. The number of pyridine rings is 1. The third kappa shape index (κ3) is 7.24. The second kappa shape index (κ2) is 12.9. The van der Waals surface area contributed by atoms with Crippen LogP contribution in [0.15, 0.2) is 102 Å². The Labute approximate surface area is 240 Å². The van der Waals surface area contributed by atoms with Crippen LogP contribution >= 0.6 is 0 Å². The van der Waals surface area contributed by atoms with Crippen LogP contribution in [-0.4, -0.2) is 32.6 Å². The number of benzene rings is 3. The van der Waals surface area contributed by atoms with Crippen molar-refractivity contribution in [3.63, 3.8) is 0 Å². The maximum Gasteiger partial charge on any atom is 0.333 e. The van der Waals surface area contributed by atoms with E-state index in [0.717, 1.165) is 41.7 Å². The smallest absolute Gasteiger partial charge is 0.333 e. The third-order valence-electron chi connectivity index (χ3n) is 7.23. The van der Waals surface area contributed by atoms with Crippen LogP contribution in [0.3, 0.4) is 0 Å². The van der Waals surface area contributed by atoms with Gasteiger partial charge in [-0.2, -0.15) is 0 Å². The molecular weight excluding hydrogens is 538 g/mol. The first kappa shape index (κ1) is 28.2. The molecule has 1 aliphatic carbocycles. The fraction of sp³-hybridized carbons (Fsp3) is 0.250. The Hall–Kier alpha value is -4.37. The van der Waals surface area contributed by atoms with Crippen molar-refractivity contribution in [3.05, 3.63) is 114 Å². The molecule has 0 aliphatic heterocycles. The largest absolute Gasteiger partial charge is 0.493 e. The summed E-state index contributed by atoms with van der Waals surface area (Å²) in [5.41, 5.74) is 3.70. The van der Waals surface area contributed by atoms with E-state index < -0.39 is 16.1 Å². The highest BCUT2D eigenvalue weighted by Gasteiger charge is 2.22. The Balaban J connectivity index is 1.37. The lowest BCUT2D eigenvalue weighted by molar-refractivity contribution is 0.200. The second-order valence-electron chi connectivity index (χ2n) is 10.0. The Morgan fingerprint density at radius 2 is 1.59 bits per heavy atom. The minimum Gasteiger partial charge on any atom is -0.493 e. The van der Waals surface area contributed by atoms with E-state index in [0.29, 0.717) is 11.4 Å². The number of amides is 2. The molecule has 1 unspecified atom stereocenters. The molecular formula is C32H33N3O5S. The number of anilines is 1. The fourth-order valence-corrected chi connectivity index (χ4v) is 6.04. The average molecular weight is 572 g/mol. The zero-order valence-corrected chi connectivity index (χ0v) is 23.6. The van der Waals surface area contributed by atoms with Crippen molar-refractivity contribution >= 4 is 21.7 Å². The Kier molecular flexibility index (Phi) is 8.84. The number of carbonyl (C=O) groups excluding carboxylic acids is 1. The van der Waals surface area contributed by atoms with Crippen molar-refractivity contribution in [2.45, 2.75) is 49.0 Å². The van der Waals surface area contributed by atoms with Crippen LogP contribution in [0.4, 0.5) is 10.5 Å². The number of nitrogens with zero attached hydrogens (tertiary/aromatic N) is 1. The molecule has 9 heteroatoms. The molecule has 1 aromatic heterocycles. The molecule has 1 saturated carbocycles. The van der Waals surface area contributed by atoms with Gasteiger partial charge in [-0.3, -0.25) is 4.98 Å². The van der Waals surface area contributed by atoms with Crippen molar-refractivity contribution in [3.8, 4) is 11.5 Å². The number of nitrogens with one attached hydrogen (secondary N) is 2. The molecule has 1 aliphatic rings. The highest BCUT2D eigenvalue weighted by molar-refractivity contribution is 7.90. The first-order chi connectivity index (χ1) is 19.9. The van der Waals surface area contributed by atoms with Gasteiger partial charge in [0.05, 0.1) is 18.1 Å². The fourth-order valence-electron chi connectivity index (χ4n) is 5.11. The van der Waals surface area contributed by atoms with E-state index in [-0.39, 0.29) is 16.9 Å². The van der Waals surface area contributed by atoms with Crippen LogP contribution in [0, 0.1) is 0 Å². The molecule has 0 radical (unpaired) electrons. The summed E-state index contributed by atoms with van der Waals surface area (Å²) in [5, 5.41) is 2.61. The number of rotatable bonds is 10. The first-order valence-electron chi connectivity index (χ1n) is 13.6. The zero-order chi connectivity index (χ0) is 28.7. The second-order valence-corrected chi connectivity index (χ2v) is 11.7. The van der Waals surface area contributed by atoms with Gasteiger partial charge in [-0.15, -0.1) is 0 Å². The Morgan fingerprint density at radius 3 is 2.27 bits per heavy atom. The molecule has 2 amide bonds. The molecule has 3 aromatic carbocycles. The molecule has 2 N–H and O–H groups in total. The summed E-state index contributed by atoms with van der Waals surface area (Å²) in [6.07, 6.45) is 8.92. The first-order valence-corrected chi connectivity index (χ1v) is 15.1. The lowest BCUT2D eigenvalue weighted by Crippen LogP contribution is -2.34. The number of urea groups is 1. The topological polar surface area (TPSA) is 107 Å². The van der Waals surface area contributed by atoms with Gasteiger partial charge in [-0.1, -0.05) is 36.4 Å². The predicted octanol–water partition coefficient (Wildman–Crippen LogP) is 6.30. The van der Waals surface area contributed by atoms with Crippen molar-refractivity contribution in [1.82, 2.24) is 9.71 Å². The van der Waals surface area contributed by atoms with Gasteiger partial charge < -0.3 is 14.8 Å². The number of carbonyl (C=O) groups is 1. The molecule has 1 heterocycles. The van der Waals surface area contributed by atoms with Crippen LogP contribution in [0.2, 0.25) is 0 Å². The number of sulfonamides is 1. The lowest BCUT2D eigenvalue weighted by Gasteiger charge is -2.22. The van der Waals surface area contributed by atoms with Gasteiger partial charge in [-0.25, -0.2) is 17.9 Å². The van der Waals surface area contributed by atoms with E-state index >= 15 is 0 Å². The van der Waals surface area contributed by atoms with Gasteiger partial charge in [0.25, 0.3) is 10.0 Å². The maximum absolute atomic E-state index is 12.5. The molecule has 5 rings (SSSR count). The quantitative estimate of drug-likeness (QED) is 0.232. The standard InChI is InChI=1S/C32H33N3O5S/c1-39-30-16-13-25(22-31(30)40-27-7-5-6-8-27)29(21-23-17-19-33-20-18-23)24-11-14-26(15-12-24)34-32(36)35-41(37,38)28-9-3-2-4-10-28/h2-4,9-20,22,27,29H,5-8,21H2,1H3,(H2,34,35,36). The van der Waals surface area contributed by atoms with Crippen molar-refractivity contribution < 1.29 is 22.7 Å². The van der Waals surface area contributed by atoms with Crippen LogP contribution < -0.4 is 19.5 Å². The SMILES string of the molecule is COc1ccc(C(Cc2ccncc2)c2ccc(NC(=O)NS(=O)(=O)c3ccccc3)cc2)cc1OC1CCCC1. The van der Waals surface area contributed by atoms with Gasteiger partial charge in [0.1, 0.15) is 0 Å². The summed E-state index contributed by atoms with van der Waals surface area (Å²) in [5.74, 6) is 1.43. The van der Waals surface area contributed by atoms with Gasteiger partial charge in [-0.05, 0) is 97.3 Å². The molecule has 212 valence electrons. The van der Waals surface area contributed by atoms with Crippen molar-refractivity contribution in [2.24, 2.45) is 0 Å². The number of aromatic nitrogens is 1. The summed E-state index contributed by atoms with van der Waals surface area (Å²) < 4.78 is 39.0. The van der Waals surface area contributed by atoms with Crippen LogP contribution in [-0.2, 0) is 16.4 Å². The van der Waals surface area contributed by atoms with E-state index in [1.165, 1.54) is 25.0 Å². The highest BCUT2D eigenvalue weighted by atomic mass is 32.2. The zero-order valence-electron chi connectivity index (χ0n) is 22.8. The number of methoxy groups -OCH3 is 1. The maximum atomic E-state index is 12.5. The molecule has 8 nitrogen and oxygen atoms in total. The van der Waals surface area contributed by atoms with E-state index in [2.05, 4.69) is 27.2 Å². The van der Waals surface area contributed by atoms with Gasteiger partial charge in [0, 0.05) is 24.0 Å². The number of hydrogen-bond donors (Lipinski definition) is 2. The molecule has 0 saturated heterocycles. The lowest BCUT2D eigenvalue weighted by atomic mass is 9.86. The number of hydrogen-bond acceptors (Lipinski definition) is 6. The van der Waals surface area contributed by atoms with Crippen LogP contribution in [0.5, 0.6) is 11.5 Å². The Morgan fingerprint density at radius 1 is 0.902 bits per heavy atom. The van der Waals surface area contributed by atoms with Crippen LogP contribution in [0.25, 0.3) is 0 Å². The average Bonchev–Trinajstić information content (AvgIpc) is 3.50. The van der Waals surface area contributed by atoms with Gasteiger partial charge in [0.15, 0.2) is 11.5 Å². The van der Waals surface area contributed by atoms with Gasteiger partial charge >= 0.3 is 6.03 Å². The van der Waals surface area contributed by atoms with Crippen molar-refractivity contribution in [1.29, 1.82) is 0 Å². The molecule has 0 bridgehead atoms. The minimum atomic E-state index is -3.98. The molecule has 1 atom stereocenters. The monoisotopic (exact) mass is 571 g/mol. The van der Waals surface area contributed by atoms with Crippen LogP contribution in [0.1, 0.15) is 48.3 Å². The Bertz CT molecular complexity index is 1560. The number of ether oxygens (including phenoxy) is 2. The molecule has 1 fully saturated rings. The summed E-state index contributed by atoms with van der Waals surface area (Å²) in [4.78, 5) is 16.7. The molecule has 4 aromatic rings. The highest BCUT2D eigenvalue weighted by Crippen LogP contribution is 2.37. The molecule has 0 spiro atoms. The van der Waals surface area contributed by atoms with Crippen molar-refractivity contribution in [2.75, 3.05) is 12.4 Å². The van der Waals surface area contributed by atoms with E-state index in [1.54, 1.807) is 49.8 Å². The molecule has 41 heavy (non-hydrogen) atoms. The predicted molar refractivity (Wildman–Crippen MR) is 158 cm³/mol. The van der Waals surface area contributed by atoms with E-state index in [9.17, 15) is 13.2 Å². The summed E-state index contributed by atoms with van der Waals surface area (Å²) in [7, 11) is -2.33. The summed E-state index contributed by atoms with van der Waals surface area (Å²) in [6, 6.07) is 24.4. The minimum absolute atomic E-state index is 0.0141. The van der Waals surface area contributed by atoms with E-state index in [4.69, 9.17) is 9.47 Å². The normalized spacial score (nSPS) is 14.3.